The molecule has 1 aromatic carbocycles. The number of anilines is 1. The third kappa shape index (κ3) is 4.23. The van der Waals surface area contributed by atoms with Crippen LogP contribution < -0.4 is 5.32 Å². The van der Waals surface area contributed by atoms with Crippen LogP contribution in [0.5, 0.6) is 0 Å². The van der Waals surface area contributed by atoms with Gasteiger partial charge in [0.1, 0.15) is 4.33 Å². The number of halogens is 5. The minimum Gasteiger partial charge on any atom is -0.340 e. The number of carbonyl (C=O) groups is 2. The highest BCUT2D eigenvalue weighted by atomic mass is 35.5. The molecule has 154 valence electrons. The summed E-state index contributed by atoms with van der Waals surface area (Å²) in [6, 6.07) is 4.84. The van der Waals surface area contributed by atoms with Crippen molar-refractivity contribution in [2.75, 3.05) is 38.0 Å². The molecule has 1 heterocycles. The Hall–Kier alpha value is -1.51. The van der Waals surface area contributed by atoms with Crippen LogP contribution in [0.1, 0.15) is 18.9 Å². The fourth-order valence-electron chi connectivity index (χ4n) is 3.32. The molecule has 2 fully saturated rings. The van der Waals surface area contributed by atoms with E-state index in [9.17, 15) is 22.8 Å². The largest absolute Gasteiger partial charge is 0.418 e. The van der Waals surface area contributed by atoms with Crippen LogP contribution in [0.25, 0.3) is 0 Å². The van der Waals surface area contributed by atoms with Crippen LogP contribution in [0.15, 0.2) is 24.3 Å². The van der Waals surface area contributed by atoms with E-state index in [1.807, 2.05) is 0 Å². The molecule has 5 nitrogen and oxygen atoms in total. The minimum absolute atomic E-state index is 0.0551. The van der Waals surface area contributed by atoms with Crippen LogP contribution in [0.2, 0.25) is 0 Å². The van der Waals surface area contributed by atoms with Crippen molar-refractivity contribution in [2.24, 2.45) is 5.41 Å². The molecule has 1 saturated carbocycles. The van der Waals surface area contributed by atoms with Gasteiger partial charge in [-0.25, -0.2) is 0 Å². The SMILES string of the molecule is C[C@@]1(C(=O)N2CCN(CC(=O)Nc3ccccc3C(F)(F)F)CC2)CC1(Cl)Cl. The zero-order chi connectivity index (χ0) is 20.7. The van der Waals surface area contributed by atoms with Gasteiger partial charge < -0.3 is 10.2 Å². The summed E-state index contributed by atoms with van der Waals surface area (Å²) in [5.41, 5.74) is -1.94. The molecular weight excluding hydrogens is 418 g/mol. The van der Waals surface area contributed by atoms with E-state index in [0.717, 1.165) is 6.07 Å². The molecular formula is C18H20Cl2F3N3O2. The third-order valence-corrected chi connectivity index (χ3v) is 6.36. The van der Waals surface area contributed by atoms with Gasteiger partial charge in [0.2, 0.25) is 11.8 Å². The molecule has 1 saturated heterocycles. The molecule has 1 aliphatic heterocycles. The van der Waals surface area contributed by atoms with Gasteiger partial charge >= 0.3 is 6.18 Å². The number of hydrogen-bond acceptors (Lipinski definition) is 3. The van der Waals surface area contributed by atoms with Gasteiger partial charge in [-0.15, -0.1) is 23.2 Å². The van der Waals surface area contributed by atoms with Crippen LogP contribution in [0.3, 0.4) is 0 Å². The topological polar surface area (TPSA) is 52.7 Å². The van der Waals surface area contributed by atoms with Crippen molar-refractivity contribution in [3.05, 3.63) is 29.8 Å². The van der Waals surface area contributed by atoms with E-state index in [0.29, 0.717) is 32.6 Å². The average molecular weight is 438 g/mol. The van der Waals surface area contributed by atoms with Crippen LogP contribution in [-0.4, -0.2) is 58.7 Å². The van der Waals surface area contributed by atoms with Crippen LogP contribution in [-0.2, 0) is 15.8 Å². The fourth-order valence-corrected chi connectivity index (χ4v) is 4.02. The van der Waals surface area contributed by atoms with Gasteiger partial charge in [0.15, 0.2) is 0 Å². The second kappa shape index (κ2) is 7.39. The van der Waals surface area contributed by atoms with Gasteiger partial charge in [0.25, 0.3) is 0 Å². The summed E-state index contributed by atoms with van der Waals surface area (Å²) in [4.78, 5) is 28.2. The molecule has 1 N–H and O–H groups in total. The number of hydrogen-bond donors (Lipinski definition) is 1. The second-order valence-electron chi connectivity index (χ2n) is 7.37. The molecule has 1 aromatic rings. The first-order valence-electron chi connectivity index (χ1n) is 8.80. The van der Waals surface area contributed by atoms with Crippen molar-refractivity contribution in [1.82, 2.24) is 9.80 Å². The Kier molecular flexibility index (Phi) is 5.59. The molecule has 0 aromatic heterocycles. The molecule has 1 atom stereocenters. The molecule has 28 heavy (non-hydrogen) atoms. The number of amides is 2. The van der Waals surface area contributed by atoms with Gasteiger partial charge in [0.05, 0.1) is 23.2 Å². The van der Waals surface area contributed by atoms with Gasteiger partial charge in [-0.2, -0.15) is 13.2 Å². The van der Waals surface area contributed by atoms with E-state index in [1.54, 1.807) is 16.7 Å². The fraction of sp³-hybridized carbons (Fsp3) is 0.556. The highest BCUT2D eigenvalue weighted by Gasteiger charge is 2.68. The molecule has 1 aliphatic carbocycles. The molecule has 0 unspecified atom stereocenters. The summed E-state index contributed by atoms with van der Waals surface area (Å²) in [6.45, 7) is 3.37. The van der Waals surface area contributed by atoms with E-state index >= 15 is 0 Å². The number of benzene rings is 1. The highest BCUT2D eigenvalue weighted by molar-refractivity contribution is 6.53. The second-order valence-corrected chi connectivity index (χ2v) is 8.86. The van der Waals surface area contributed by atoms with E-state index < -0.39 is 27.4 Å². The molecule has 2 aliphatic rings. The maximum atomic E-state index is 13.0. The predicted octanol–water partition coefficient (Wildman–Crippen LogP) is 3.37. The Morgan fingerprint density at radius 3 is 2.25 bits per heavy atom. The lowest BCUT2D eigenvalue weighted by Crippen LogP contribution is -2.52. The van der Waals surface area contributed by atoms with Gasteiger partial charge in [0, 0.05) is 26.2 Å². The van der Waals surface area contributed by atoms with Gasteiger partial charge in [-0.05, 0) is 25.5 Å². The average Bonchev–Trinajstić information content (AvgIpc) is 3.13. The number of carbonyl (C=O) groups excluding carboxylic acids is 2. The predicted molar refractivity (Wildman–Crippen MR) is 100 cm³/mol. The van der Waals surface area contributed by atoms with Crippen molar-refractivity contribution in [1.29, 1.82) is 0 Å². The van der Waals surface area contributed by atoms with Crippen molar-refractivity contribution >= 4 is 40.7 Å². The Bertz CT molecular complexity index is 780. The Morgan fingerprint density at radius 2 is 1.71 bits per heavy atom. The summed E-state index contributed by atoms with van der Waals surface area (Å²) < 4.78 is 38.0. The lowest BCUT2D eigenvalue weighted by molar-refractivity contribution is -0.138. The highest BCUT2D eigenvalue weighted by Crippen LogP contribution is 2.64. The number of rotatable bonds is 4. The first-order valence-corrected chi connectivity index (χ1v) is 9.55. The third-order valence-electron chi connectivity index (χ3n) is 5.26. The Morgan fingerprint density at radius 1 is 1.14 bits per heavy atom. The maximum Gasteiger partial charge on any atom is 0.418 e. The smallest absolute Gasteiger partial charge is 0.340 e. The molecule has 0 radical (unpaired) electrons. The first kappa shape index (κ1) is 21.2. The number of piperazine rings is 1. The molecule has 10 heteroatoms. The van der Waals surface area contributed by atoms with Crippen LogP contribution >= 0.6 is 23.2 Å². The van der Waals surface area contributed by atoms with Crippen molar-refractivity contribution in [3.8, 4) is 0 Å². The minimum atomic E-state index is -4.55. The summed E-state index contributed by atoms with van der Waals surface area (Å²) in [6.07, 6.45) is -4.14. The molecule has 3 rings (SSSR count). The zero-order valence-corrected chi connectivity index (χ0v) is 16.7. The monoisotopic (exact) mass is 437 g/mol. The van der Waals surface area contributed by atoms with E-state index in [1.165, 1.54) is 18.2 Å². The lowest BCUT2D eigenvalue weighted by Gasteiger charge is -2.36. The quantitative estimate of drug-likeness (QED) is 0.734. The molecule has 2 amide bonds. The van der Waals surface area contributed by atoms with E-state index in [-0.39, 0.29) is 18.1 Å². The number of nitrogens with zero attached hydrogens (tertiary/aromatic N) is 2. The van der Waals surface area contributed by atoms with Crippen molar-refractivity contribution < 1.29 is 22.8 Å². The molecule has 0 spiro atoms. The summed E-state index contributed by atoms with van der Waals surface area (Å²) in [5.74, 6) is -0.646. The summed E-state index contributed by atoms with van der Waals surface area (Å²) in [5, 5.41) is 2.33. The van der Waals surface area contributed by atoms with E-state index in [2.05, 4.69) is 5.32 Å². The molecule has 0 bridgehead atoms. The standard InChI is InChI=1S/C18H20Cl2F3N3O2/c1-16(11-17(16,19)20)15(28)26-8-6-25(7-9-26)10-14(27)24-13-5-3-2-4-12(13)18(21,22)23/h2-5H,6-11H2,1H3,(H,24,27)/t16-/m0/s1. The summed E-state index contributed by atoms with van der Waals surface area (Å²) in [7, 11) is 0. The van der Waals surface area contributed by atoms with Crippen LogP contribution in [0.4, 0.5) is 18.9 Å². The maximum absolute atomic E-state index is 13.0. The summed E-state index contributed by atoms with van der Waals surface area (Å²) >= 11 is 12.1. The number of para-hydroxylation sites is 1. The van der Waals surface area contributed by atoms with Crippen LogP contribution in [0, 0.1) is 5.41 Å². The lowest BCUT2D eigenvalue weighted by atomic mass is 10.1. The first-order chi connectivity index (χ1) is 12.9. The van der Waals surface area contributed by atoms with Crippen molar-refractivity contribution in [3.63, 3.8) is 0 Å². The number of nitrogens with one attached hydrogen (secondary N) is 1. The van der Waals surface area contributed by atoms with Gasteiger partial charge in [-0.1, -0.05) is 12.1 Å². The normalized spacial score (nSPS) is 24.7. The van der Waals surface area contributed by atoms with Gasteiger partial charge in [-0.3, -0.25) is 14.5 Å². The zero-order valence-electron chi connectivity index (χ0n) is 15.2. The Balaban J connectivity index is 1.52. The number of alkyl halides is 5. The van der Waals surface area contributed by atoms with Crippen molar-refractivity contribution in [2.45, 2.75) is 23.9 Å². The van der Waals surface area contributed by atoms with E-state index in [4.69, 9.17) is 23.2 Å². The Labute approximate surface area is 170 Å².